The van der Waals surface area contributed by atoms with Crippen molar-refractivity contribution in [2.45, 2.75) is 19.6 Å². The SMILES string of the molecule is C=CCNC(C)c1cccc(OC(F)F)c1. The molecule has 1 rings (SSSR count). The van der Waals surface area contributed by atoms with Gasteiger partial charge >= 0.3 is 6.61 Å². The lowest BCUT2D eigenvalue weighted by Crippen LogP contribution is -2.18. The van der Waals surface area contributed by atoms with Crippen LogP contribution in [0.3, 0.4) is 0 Å². The van der Waals surface area contributed by atoms with Crippen LogP contribution in [0.1, 0.15) is 18.5 Å². The first kappa shape index (κ1) is 12.6. The summed E-state index contributed by atoms with van der Waals surface area (Å²) >= 11 is 0. The van der Waals surface area contributed by atoms with Gasteiger partial charge in [0.15, 0.2) is 0 Å². The Kier molecular flexibility index (Phi) is 4.92. The zero-order valence-electron chi connectivity index (χ0n) is 9.12. The van der Waals surface area contributed by atoms with E-state index in [9.17, 15) is 8.78 Å². The van der Waals surface area contributed by atoms with E-state index in [-0.39, 0.29) is 11.8 Å². The van der Waals surface area contributed by atoms with E-state index >= 15 is 0 Å². The maximum Gasteiger partial charge on any atom is 0.387 e. The van der Waals surface area contributed by atoms with Crippen LogP contribution in [0.25, 0.3) is 0 Å². The molecule has 4 heteroatoms. The molecule has 1 atom stereocenters. The molecule has 2 nitrogen and oxygen atoms in total. The van der Waals surface area contributed by atoms with Crippen LogP contribution in [0.4, 0.5) is 8.78 Å². The van der Waals surface area contributed by atoms with Crippen molar-refractivity contribution in [1.82, 2.24) is 5.32 Å². The molecule has 0 spiro atoms. The monoisotopic (exact) mass is 227 g/mol. The fourth-order valence-corrected chi connectivity index (χ4v) is 1.34. The van der Waals surface area contributed by atoms with Gasteiger partial charge in [0.05, 0.1) is 0 Å². The molecule has 1 aromatic rings. The number of ether oxygens (including phenoxy) is 1. The van der Waals surface area contributed by atoms with Crippen LogP contribution in [-0.2, 0) is 0 Å². The number of alkyl halides is 2. The summed E-state index contributed by atoms with van der Waals surface area (Å²) in [5.74, 6) is 0.180. The molecule has 16 heavy (non-hydrogen) atoms. The summed E-state index contributed by atoms with van der Waals surface area (Å²) in [5, 5.41) is 3.17. The van der Waals surface area contributed by atoms with E-state index in [1.165, 1.54) is 6.07 Å². The minimum absolute atomic E-state index is 0.0687. The fraction of sp³-hybridized carbons (Fsp3) is 0.333. The molecule has 1 unspecified atom stereocenters. The first-order valence-electron chi connectivity index (χ1n) is 5.02. The molecule has 1 aromatic carbocycles. The third kappa shape index (κ3) is 3.98. The summed E-state index contributed by atoms with van der Waals surface area (Å²) in [6.45, 7) is 3.43. The Morgan fingerprint density at radius 2 is 2.25 bits per heavy atom. The Bertz CT molecular complexity index is 342. The molecule has 0 saturated heterocycles. The van der Waals surface area contributed by atoms with E-state index in [0.717, 1.165) is 5.56 Å². The first-order chi connectivity index (χ1) is 7.63. The molecule has 0 bridgehead atoms. The largest absolute Gasteiger partial charge is 0.435 e. The van der Waals surface area contributed by atoms with Gasteiger partial charge in [0.2, 0.25) is 0 Å². The number of nitrogens with one attached hydrogen (secondary N) is 1. The fourth-order valence-electron chi connectivity index (χ4n) is 1.34. The number of benzene rings is 1. The average molecular weight is 227 g/mol. The molecule has 0 aliphatic rings. The summed E-state index contributed by atoms with van der Waals surface area (Å²) in [7, 11) is 0. The summed E-state index contributed by atoms with van der Waals surface area (Å²) in [4.78, 5) is 0. The maximum absolute atomic E-state index is 12.0. The van der Waals surface area contributed by atoms with Gasteiger partial charge in [-0.25, -0.2) is 0 Å². The predicted octanol–water partition coefficient (Wildman–Crippen LogP) is 3.12. The van der Waals surface area contributed by atoms with Crippen LogP contribution in [0.5, 0.6) is 5.75 Å². The highest BCUT2D eigenvalue weighted by molar-refractivity contribution is 5.30. The first-order valence-corrected chi connectivity index (χ1v) is 5.02. The molecule has 0 aromatic heterocycles. The molecule has 0 aliphatic heterocycles. The minimum atomic E-state index is -2.79. The summed E-state index contributed by atoms with van der Waals surface area (Å²) in [6, 6.07) is 6.74. The minimum Gasteiger partial charge on any atom is -0.435 e. The summed E-state index contributed by atoms with van der Waals surface area (Å²) in [6.07, 6.45) is 1.75. The molecular weight excluding hydrogens is 212 g/mol. The predicted molar refractivity (Wildman–Crippen MR) is 59.7 cm³/mol. The van der Waals surface area contributed by atoms with Crippen LogP contribution in [0.15, 0.2) is 36.9 Å². The van der Waals surface area contributed by atoms with Crippen molar-refractivity contribution in [3.63, 3.8) is 0 Å². The highest BCUT2D eigenvalue weighted by atomic mass is 19.3. The van der Waals surface area contributed by atoms with Crippen LogP contribution < -0.4 is 10.1 Å². The maximum atomic E-state index is 12.0. The van der Waals surface area contributed by atoms with Crippen molar-refractivity contribution in [2.24, 2.45) is 0 Å². The lowest BCUT2D eigenvalue weighted by molar-refractivity contribution is -0.0499. The molecule has 88 valence electrons. The van der Waals surface area contributed by atoms with E-state index in [1.807, 2.05) is 13.0 Å². The van der Waals surface area contributed by atoms with Gasteiger partial charge in [0, 0.05) is 12.6 Å². The van der Waals surface area contributed by atoms with E-state index in [4.69, 9.17) is 0 Å². The van der Waals surface area contributed by atoms with Gasteiger partial charge in [-0.3, -0.25) is 0 Å². The van der Waals surface area contributed by atoms with Gasteiger partial charge in [0.1, 0.15) is 5.75 Å². The van der Waals surface area contributed by atoms with Gasteiger partial charge in [0.25, 0.3) is 0 Å². The molecule has 0 heterocycles. The Morgan fingerprint density at radius 1 is 1.50 bits per heavy atom. The number of hydrogen-bond donors (Lipinski definition) is 1. The molecule has 0 saturated carbocycles. The van der Waals surface area contributed by atoms with Crippen LogP contribution in [0, 0.1) is 0 Å². The standard InChI is InChI=1S/C12H15F2NO/c1-3-7-15-9(2)10-5-4-6-11(8-10)16-12(13)14/h3-6,8-9,12,15H,1,7H2,2H3. The van der Waals surface area contributed by atoms with Crippen LogP contribution in [-0.4, -0.2) is 13.2 Å². The van der Waals surface area contributed by atoms with Gasteiger partial charge in [-0.2, -0.15) is 8.78 Å². The van der Waals surface area contributed by atoms with E-state index in [0.29, 0.717) is 6.54 Å². The molecule has 0 aliphatic carbocycles. The highest BCUT2D eigenvalue weighted by Crippen LogP contribution is 2.20. The van der Waals surface area contributed by atoms with Gasteiger partial charge in [-0.05, 0) is 24.6 Å². The second-order valence-corrected chi connectivity index (χ2v) is 3.37. The molecule has 0 fully saturated rings. The molecule has 0 amide bonds. The van der Waals surface area contributed by atoms with Crippen molar-refractivity contribution in [2.75, 3.05) is 6.54 Å². The number of hydrogen-bond acceptors (Lipinski definition) is 2. The lowest BCUT2D eigenvalue weighted by atomic mass is 10.1. The van der Waals surface area contributed by atoms with E-state index in [1.54, 1.807) is 18.2 Å². The third-order valence-electron chi connectivity index (χ3n) is 2.15. The lowest BCUT2D eigenvalue weighted by Gasteiger charge is -2.14. The van der Waals surface area contributed by atoms with Gasteiger partial charge in [-0.15, -0.1) is 6.58 Å². The Hall–Kier alpha value is -1.42. The van der Waals surface area contributed by atoms with Gasteiger partial charge < -0.3 is 10.1 Å². The molecule has 0 radical (unpaired) electrons. The highest BCUT2D eigenvalue weighted by Gasteiger charge is 2.07. The zero-order valence-corrected chi connectivity index (χ0v) is 9.12. The summed E-state index contributed by atoms with van der Waals surface area (Å²) < 4.78 is 28.3. The third-order valence-corrected chi connectivity index (χ3v) is 2.15. The summed E-state index contributed by atoms with van der Waals surface area (Å²) in [5.41, 5.74) is 0.903. The topological polar surface area (TPSA) is 21.3 Å². The Morgan fingerprint density at radius 3 is 2.88 bits per heavy atom. The van der Waals surface area contributed by atoms with Crippen molar-refractivity contribution < 1.29 is 13.5 Å². The van der Waals surface area contributed by atoms with Crippen molar-refractivity contribution in [3.8, 4) is 5.75 Å². The van der Waals surface area contributed by atoms with Crippen LogP contribution >= 0.6 is 0 Å². The van der Waals surface area contributed by atoms with Gasteiger partial charge in [-0.1, -0.05) is 18.2 Å². The zero-order chi connectivity index (χ0) is 12.0. The quantitative estimate of drug-likeness (QED) is 0.754. The Balaban J connectivity index is 2.69. The molecular formula is C12H15F2NO. The van der Waals surface area contributed by atoms with E-state index < -0.39 is 6.61 Å². The second kappa shape index (κ2) is 6.23. The van der Waals surface area contributed by atoms with Crippen molar-refractivity contribution in [3.05, 3.63) is 42.5 Å². The van der Waals surface area contributed by atoms with Crippen LogP contribution in [0.2, 0.25) is 0 Å². The molecule has 1 N–H and O–H groups in total. The van der Waals surface area contributed by atoms with E-state index in [2.05, 4.69) is 16.6 Å². The smallest absolute Gasteiger partial charge is 0.387 e. The average Bonchev–Trinajstić information content (AvgIpc) is 2.25. The number of halogens is 2. The second-order valence-electron chi connectivity index (χ2n) is 3.37. The van der Waals surface area contributed by atoms with Crippen molar-refractivity contribution >= 4 is 0 Å². The Labute approximate surface area is 93.9 Å². The van der Waals surface area contributed by atoms with Crippen molar-refractivity contribution in [1.29, 1.82) is 0 Å². The number of rotatable bonds is 6. The normalized spacial score (nSPS) is 12.5.